The van der Waals surface area contributed by atoms with Crippen LogP contribution in [0.4, 0.5) is 14.6 Å². The summed E-state index contributed by atoms with van der Waals surface area (Å²) >= 11 is 0. The number of halogens is 2. The maximum Gasteiger partial charge on any atom is 0.181 e. The van der Waals surface area contributed by atoms with Crippen LogP contribution in [-0.2, 0) is 16.4 Å². The van der Waals surface area contributed by atoms with Gasteiger partial charge in [-0.25, -0.2) is 27.2 Å². The molecule has 0 fully saturated rings. The van der Waals surface area contributed by atoms with Crippen molar-refractivity contribution >= 4 is 26.7 Å². The lowest BCUT2D eigenvalue weighted by Gasteiger charge is -2.11. The number of imidazole rings is 1. The molecule has 0 aliphatic carbocycles. The van der Waals surface area contributed by atoms with E-state index >= 15 is 0 Å². The number of aromatic nitrogens is 3. The Hall–Kier alpha value is -2.55. The third-order valence-corrected chi connectivity index (χ3v) is 6.69. The lowest BCUT2D eigenvalue weighted by Crippen LogP contribution is -2.11. The van der Waals surface area contributed by atoms with Gasteiger partial charge in [-0.3, -0.25) is 0 Å². The molecule has 0 aliphatic heterocycles. The zero-order valence-electron chi connectivity index (χ0n) is 16.0. The van der Waals surface area contributed by atoms with E-state index in [1.165, 1.54) is 0 Å². The first-order valence-electron chi connectivity index (χ1n) is 8.89. The summed E-state index contributed by atoms with van der Waals surface area (Å²) in [5.74, 6) is -0.953. The molecule has 9 heteroatoms. The summed E-state index contributed by atoms with van der Waals surface area (Å²) in [6, 6.07) is 2.49. The van der Waals surface area contributed by atoms with Crippen LogP contribution in [0.25, 0.3) is 11.0 Å². The Morgan fingerprint density at radius 2 is 1.82 bits per heavy atom. The number of nitrogens with zero attached hydrogens (tertiary/aromatic N) is 3. The Balaban J connectivity index is 1.75. The van der Waals surface area contributed by atoms with Crippen molar-refractivity contribution in [3.8, 4) is 0 Å². The average Bonchev–Trinajstić information content (AvgIpc) is 2.93. The summed E-state index contributed by atoms with van der Waals surface area (Å²) in [5, 5.41) is 0. The van der Waals surface area contributed by atoms with Crippen LogP contribution in [0, 0.1) is 32.4 Å². The molecule has 2 heterocycles. The number of unbranched alkanes of at least 4 members (excludes halogenated alkanes) is 1. The van der Waals surface area contributed by atoms with Gasteiger partial charge in [-0.15, -0.1) is 0 Å². The van der Waals surface area contributed by atoms with Crippen LogP contribution in [0.2, 0.25) is 0 Å². The number of hydrogen-bond donors (Lipinski definition) is 1. The molecular weight excluding hydrogens is 386 g/mol. The largest absolute Gasteiger partial charge is 0.382 e. The highest BCUT2D eigenvalue weighted by molar-refractivity contribution is 7.91. The second-order valence-corrected chi connectivity index (χ2v) is 8.89. The molecule has 0 saturated heterocycles. The predicted octanol–water partition coefficient (Wildman–Crippen LogP) is 3.47. The van der Waals surface area contributed by atoms with Crippen molar-refractivity contribution in [1.82, 2.24) is 14.5 Å². The molecule has 3 aromatic rings. The summed E-state index contributed by atoms with van der Waals surface area (Å²) in [7, 11) is -3.82. The number of fused-ring (bicyclic) bond motifs is 1. The van der Waals surface area contributed by atoms with E-state index < -0.39 is 26.4 Å². The third-order valence-electron chi connectivity index (χ3n) is 4.86. The lowest BCUT2D eigenvalue weighted by atomic mass is 10.2. The van der Waals surface area contributed by atoms with Crippen molar-refractivity contribution in [2.45, 2.75) is 45.1 Å². The van der Waals surface area contributed by atoms with Gasteiger partial charge in [0.1, 0.15) is 27.9 Å². The smallest absolute Gasteiger partial charge is 0.181 e. The van der Waals surface area contributed by atoms with E-state index in [1.54, 1.807) is 0 Å². The maximum absolute atomic E-state index is 13.8. The Labute approximate surface area is 162 Å². The first kappa shape index (κ1) is 20.2. The van der Waals surface area contributed by atoms with Crippen molar-refractivity contribution in [2.24, 2.45) is 0 Å². The topological polar surface area (TPSA) is 90.9 Å². The van der Waals surface area contributed by atoms with Gasteiger partial charge in [0.2, 0.25) is 0 Å². The summed E-state index contributed by atoms with van der Waals surface area (Å²) in [4.78, 5) is 8.31. The van der Waals surface area contributed by atoms with Crippen LogP contribution >= 0.6 is 0 Å². The number of aryl methyl sites for hydroxylation is 4. The van der Waals surface area contributed by atoms with Crippen LogP contribution in [0.5, 0.6) is 0 Å². The molecule has 150 valence electrons. The zero-order chi connectivity index (χ0) is 20.6. The van der Waals surface area contributed by atoms with Crippen molar-refractivity contribution in [3.05, 3.63) is 46.9 Å². The second kappa shape index (κ2) is 7.46. The normalized spacial score (nSPS) is 12.0. The van der Waals surface area contributed by atoms with Gasteiger partial charge in [-0.1, -0.05) is 0 Å². The van der Waals surface area contributed by atoms with Gasteiger partial charge in [0.05, 0.1) is 11.3 Å². The number of nitrogen functional groups attached to an aromatic ring is 1. The molecule has 0 spiro atoms. The van der Waals surface area contributed by atoms with Gasteiger partial charge >= 0.3 is 0 Å². The van der Waals surface area contributed by atoms with E-state index in [1.807, 2.05) is 25.3 Å². The van der Waals surface area contributed by atoms with Crippen LogP contribution in [0.1, 0.15) is 29.9 Å². The second-order valence-electron chi connectivity index (χ2n) is 6.82. The van der Waals surface area contributed by atoms with E-state index in [2.05, 4.69) is 9.97 Å². The minimum absolute atomic E-state index is 0.219. The zero-order valence-corrected chi connectivity index (χ0v) is 16.8. The molecule has 3 rings (SSSR count). The average molecular weight is 408 g/mol. The summed E-state index contributed by atoms with van der Waals surface area (Å²) < 4.78 is 53.5. The number of anilines is 1. The molecule has 0 bridgehead atoms. The predicted molar refractivity (Wildman–Crippen MR) is 104 cm³/mol. The van der Waals surface area contributed by atoms with Crippen LogP contribution in [0.15, 0.2) is 23.1 Å². The van der Waals surface area contributed by atoms with Gasteiger partial charge in [0.25, 0.3) is 0 Å². The van der Waals surface area contributed by atoms with Crippen LogP contribution in [-0.4, -0.2) is 28.7 Å². The summed E-state index contributed by atoms with van der Waals surface area (Å²) in [5.41, 5.74) is 9.32. The highest BCUT2D eigenvalue weighted by Crippen LogP contribution is 2.26. The van der Waals surface area contributed by atoms with Crippen molar-refractivity contribution in [1.29, 1.82) is 0 Å². The molecule has 0 saturated carbocycles. The van der Waals surface area contributed by atoms with Gasteiger partial charge in [0, 0.05) is 18.3 Å². The molecule has 28 heavy (non-hydrogen) atoms. The van der Waals surface area contributed by atoms with E-state index in [9.17, 15) is 17.2 Å². The molecule has 0 atom stereocenters. The van der Waals surface area contributed by atoms with Gasteiger partial charge < -0.3 is 10.3 Å². The molecule has 6 nitrogen and oxygen atoms in total. The highest BCUT2D eigenvalue weighted by Gasteiger charge is 2.20. The minimum Gasteiger partial charge on any atom is -0.382 e. The fourth-order valence-electron chi connectivity index (χ4n) is 3.29. The first-order valence-corrected chi connectivity index (χ1v) is 10.5. The lowest BCUT2D eigenvalue weighted by molar-refractivity contribution is 0.546. The quantitative estimate of drug-likeness (QED) is 0.498. The molecule has 0 amide bonds. The maximum atomic E-state index is 13.8. The summed E-state index contributed by atoms with van der Waals surface area (Å²) in [6.45, 7) is 6.23. The van der Waals surface area contributed by atoms with Gasteiger partial charge in [-0.2, -0.15) is 0 Å². The van der Waals surface area contributed by atoms with Crippen molar-refractivity contribution in [2.75, 3.05) is 11.5 Å². The fraction of sp³-hybridized carbons (Fsp3) is 0.368. The molecule has 2 N–H and O–H groups in total. The van der Waals surface area contributed by atoms with E-state index in [0.717, 1.165) is 34.7 Å². The number of rotatable bonds is 6. The molecule has 0 aliphatic rings. The monoisotopic (exact) mass is 408 g/mol. The standard InChI is InChI=1S/C19H22F2N4O2S/c1-11-12(2)23-19(22)17-18(11)25(13(3)24-17)8-4-5-9-28(26,27)16-7-6-14(20)10-15(16)21/h6-7,10H,4-5,8-9H2,1-3H3,(H2,22,23). The molecule has 1 aromatic carbocycles. The minimum atomic E-state index is -3.82. The molecule has 0 unspecified atom stereocenters. The number of hydrogen-bond acceptors (Lipinski definition) is 5. The van der Waals surface area contributed by atoms with E-state index in [0.29, 0.717) is 36.8 Å². The Morgan fingerprint density at radius 3 is 2.50 bits per heavy atom. The van der Waals surface area contributed by atoms with Crippen LogP contribution < -0.4 is 5.73 Å². The third kappa shape index (κ3) is 3.71. The molecule has 2 aromatic heterocycles. The number of benzene rings is 1. The number of pyridine rings is 1. The SMILES string of the molecule is Cc1nc(N)c2nc(C)n(CCCCS(=O)(=O)c3ccc(F)cc3F)c2c1C. The Kier molecular flexibility index (Phi) is 5.38. The fourth-order valence-corrected chi connectivity index (χ4v) is 4.72. The van der Waals surface area contributed by atoms with Crippen molar-refractivity contribution in [3.63, 3.8) is 0 Å². The molecule has 0 radical (unpaired) electrons. The Morgan fingerprint density at radius 1 is 1.11 bits per heavy atom. The van der Waals surface area contributed by atoms with E-state index in [-0.39, 0.29) is 5.75 Å². The first-order chi connectivity index (χ1) is 13.1. The Bertz CT molecular complexity index is 1160. The van der Waals surface area contributed by atoms with Gasteiger partial charge in [0.15, 0.2) is 15.7 Å². The highest BCUT2D eigenvalue weighted by atomic mass is 32.2. The van der Waals surface area contributed by atoms with E-state index in [4.69, 9.17) is 5.73 Å². The number of sulfone groups is 1. The van der Waals surface area contributed by atoms with Gasteiger partial charge in [-0.05, 0) is 51.3 Å². The van der Waals surface area contributed by atoms with Crippen molar-refractivity contribution < 1.29 is 17.2 Å². The molecular formula is C19H22F2N4O2S. The number of nitrogens with two attached hydrogens (primary N) is 1. The summed E-state index contributed by atoms with van der Waals surface area (Å²) in [6.07, 6.45) is 0.881. The van der Waals surface area contributed by atoms with Crippen LogP contribution in [0.3, 0.4) is 0 Å².